The highest BCUT2D eigenvalue weighted by molar-refractivity contribution is 5.65. The molecule has 0 fully saturated rings. The molecule has 0 aliphatic heterocycles. The molecule has 0 unspecified atom stereocenters. The molecule has 0 aliphatic rings. The fourth-order valence-corrected chi connectivity index (χ4v) is 2.89. The van der Waals surface area contributed by atoms with Crippen LogP contribution < -0.4 is 15.4 Å². The second kappa shape index (κ2) is 9.37. The molecule has 3 aromatic carbocycles. The number of hydrogen-bond acceptors (Lipinski definition) is 5. The van der Waals surface area contributed by atoms with Crippen molar-refractivity contribution >= 4 is 17.5 Å². The molecule has 144 valence electrons. The number of benzene rings is 3. The van der Waals surface area contributed by atoms with E-state index in [1.165, 1.54) is 5.56 Å². The predicted octanol–water partition coefficient (Wildman–Crippen LogP) is 5.67. The second-order valence-corrected chi connectivity index (χ2v) is 6.46. The lowest BCUT2D eigenvalue weighted by Crippen LogP contribution is -2.08. The zero-order valence-electron chi connectivity index (χ0n) is 16.0. The number of hydrogen-bond donors (Lipinski definition) is 2. The van der Waals surface area contributed by atoms with Crippen molar-refractivity contribution in [3.8, 4) is 11.5 Å². The first-order valence-electron chi connectivity index (χ1n) is 9.57. The van der Waals surface area contributed by atoms with Gasteiger partial charge >= 0.3 is 0 Å². The van der Waals surface area contributed by atoms with E-state index in [1.54, 1.807) is 6.20 Å². The lowest BCUT2D eigenvalue weighted by Gasteiger charge is -2.13. The number of anilines is 3. The molecule has 0 amide bonds. The molecule has 4 aromatic rings. The van der Waals surface area contributed by atoms with Crippen molar-refractivity contribution in [2.45, 2.75) is 6.42 Å². The van der Waals surface area contributed by atoms with Gasteiger partial charge in [0.2, 0.25) is 5.95 Å². The molecule has 29 heavy (non-hydrogen) atoms. The lowest BCUT2D eigenvalue weighted by atomic mass is 10.1. The normalized spacial score (nSPS) is 10.3. The third-order valence-electron chi connectivity index (χ3n) is 4.32. The van der Waals surface area contributed by atoms with Gasteiger partial charge in [-0.15, -0.1) is 0 Å². The van der Waals surface area contributed by atoms with E-state index >= 15 is 0 Å². The summed E-state index contributed by atoms with van der Waals surface area (Å²) in [5.41, 5.74) is 2.12. The van der Waals surface area contributed by atoms with Crippen molar-refractivity contribution in [1.82, 2.24) is 9.97 Å². The summed E-state index contributed by atoms with van der Waals surface area (Å²) in [4.78, 5) is 8.87. The van der Waals surface area contributed by atoms with Gasteiger partial charge in [-0.05, 0) is 42.3 Å². The summed E-state index contributed by atoms with van der Waals surface area (Å²) in [6, 6.07) is 29.7. The Bertz CT molecular complexity index is 1040. The molecule has 2 N–H and O–H groups in total. The highest BCUT2D eigenvalue weighted by atomic mass is 16.5. The average Bonchev–Trinajstić information content (AvgIpc) is 2.77. The Hall–Kier alpha value is -3.86. The summed E-state index contributed by atoms with van der Waals surface area (Å²) in [5.74, 6) is 2.81. The van der Waals surface area contributed by atoms with Crippen LogP contribution in [0.4, 0.5) is 17.5 Å². The number of para-hydroxylation sites is 3. The van der Waals surface area contributed by atoms with Crippen LogP contribution >= 0.6 is 0 Å². The monoisotopic (exact) mass is 382 g/mol. The van der Waals surface area contributed by atoms with Crippen molar-refractivity contribution in [3.63, 3.8) is 0 Å². The lowest BCUT2D eigenvalue weighted by molar-refractivity contribution is 0.485. The Morgan fingerprint density at radius 2 is 1.48 bits per heavy atom. The van der Waals surface area contributed by atoms with Gasteiger partial charge in [-0.25, -0.2) is 4.98 Å². The van der Waals surface area contributed by atoms with E-state index in [4.69, 9.17) is 4.74 Å². The summed E-state index contributed by atoms with van der Waals surface area (Å²) < 4.78 is 6.00. The molecule has 0 bridgehead atoms. The largest absolute Gasteiger partial charge is 0.455 e. The third-order valence-corrected chi connectivity index (χ3v) is 4.32. The highest BCUT2D eigenvalue weighted by Crippen LogP contribution is 2.31. The Balaban J connectivity index is 1.41. The van der Waals surface area contributed by atoms with Gasteiger partial charge in [-0.1, -0.05) is 60.7 Å². The van der Waals surface area contributed by atoms with Crippen molar-refractivity contribution in [1.29, 1.82) is 0 Å². The van der Waals surface area contributed by atoms with Crippen molar-refractivity contribution in [2.75, 3.05) is 17.2 Å². The maximum Gasteiger partial charge on any atom is 0.224 e. The molecular weight excluding hydrogens is 360 g/mol. The van der Waals surface area contributed by atoms with E-state index in [0.717, 1.165) is 30.2 Å². The molecule has 4 rings (SSSR count). The zero-order chi connectivity index (χ0) is 19.7. The van der Waals surface area contributed by atoms with Crippen LogP contribution in [0.25, 0.3) is 0 Å². The minimum Gasteiger partial charge on any atom is -0.455 e. The van der Waals surface area contributed by atoms with E-state index in [2.05, 4.69) is 32.7 Å². The quantitative estimate of drug-likeness (QED) is 0.411. The Morgan fingerprint density at radius 3 is 2.31 bits per heavy atom. The Kier molecular flexibility index (Phi) is 5.98. The smallest absolute Gasteiger partial charge is 0.224 e. The molecule has 0 radical (unpaired) electrons. The van der Waals surface area contributed by atoms with E-state index in [1.807, 2.05) is 78.9 Å². The molecule has 0 spiro atoms. The average molecular weight is 382 g/mol. The van der Waals surface area contributed by atoms with E-state index < -0.39 is 0 Å². The second-order valence-electron chi connectivity index (χ2n) is 6.46. The van der Waals surface area contributed by atoms with Gasteiger partial charge in [-0.3, -0.25) is 0 Å². The van der Waals surface area contributed by atoms with Crippen LogP contribution in [-0.2, 0) is 6.42 Å². The highest BCUT2D eigenvalue weighted by Gasteiger charge is 2.06. The first-order chi connectivity index (χ1) is 14.4. The van der Waals surface area contributed by atoms with Gasteiger partial charge in [0.15, 0.2) is 5.75 Å². The Morgan fingerprint density at radius 1 is 0.759 bits per heavy atom. The summed E-state index contributed by atoms with van der Waals surface area (Å²) in [5, 5.41) is 6.61. The zero-order valence-corrected chi connectivity index (χ0v) is 16.0. The van der Waals surface area contributed by atoms with Crippen LogP contribution in [0.2, 0.25) is 0 Å². The number of ether oxygens (including phenoxy) is 1. The third kappa shape index (κ3) is 5.32. The maximum atomic E-state index is 6.00. The molecule has 1 aromatic heterocycles. The fourth-order valence-electron chi connectivity index (χ4n) is 2.89. The maximum absolute atomic E-state index is 6.00. The van der Waals surface area contributed by atoms with Gasteiger partial charge in [-0.2, -0.15) is 4.98 Å². The van der Waals surface area contributed by atoms with E-state index in [9.17, 15) is 0 Å². The first kappa shape index (κ1) is 18.5. The van der Waals surface area contributed by atoms with Gasteiger partial charge in [0, 0.05) is 12.7 Å². The number of nitrogens with zero attached hydrogens (tertiary/aromatic N) is 2. The van der Waals surface area contributed by atoms with E-state index in [0.29, 0.717) is 11.8 Å². The molecule has 5 nitrogen and oxygen atoms in total. The molecule has 0 saturated carbocycles. The summed E-state index contributed by atoms with van der Waals surface area (Å²) in [6.45, 7) is 0.765. The fraction of sp³-hybridized carbons (Fsp3) is 0.0833. The van der Waals surface area contributed by atoms with Crippen molar-refractivity contribution in [3.05, 3.63) is 103 Å². The number of rotatable bonds is 8. The molecule has 0 atom stereocenters. The minimum atomic E-state index is 0.590. The number of nitrogens with one attached hydrogen (secondary N) is 2. The predicted molar refractivity (Wildman–Crippen MR) is 117 cm³/mol. The van der Waals surface area contributed by atoms with Crippen LogP contribution in [0.5, 0.6) is 11.5 Å². The molecular formula is C24H22N4O. The number of aromatic nitrogens is 2. The summed E-state index contributed by atoms with van der Waals surface area (Å²) >= 11 is 0. The van der Waals surface area contributed by atoms with Crippen LogP contribution in [0.1, 0.15) is 5.56 Å². The minimum absolute atomic E-state index is 0.590. The standard InChI is InChI=1S/C24H22N4O/c1-3-9-19(10-4-1)15-17-25-24-26-18-16-23(28-24)27-21-13-7-8-14-22(21)29-20-11-5-2-6-12-20/h1-14,16,18H,15,17H2,(H2,25,26,27,28). The molecule has 5 heteroatoms. The van der Waals surface area contributed by atoms with Crippen LogP contribution in [-0.4, -0.2) is 16.5 Å². The first-order valence-corrected chi connectivity index (χ1v) is 9.57. The van der Waals surface area contributed by atoms with Gasteiger partial charge < -0.3 is 15.4 Å². The Labute approximate surface area is 170 Å². The van der Waals surface area contributed by atoms with E-state index in [-0.39, 0.29) is 0 Å². The summed E-state index contributed by atoms with van der Waals surface area (Å²) in [7, 11) is 0. The summed E-state index contributed by atoms with van der Waals surface area (Å²) in [6.07, 6.45) is 2.65. The van der Waals surface area contributed by atoms with Crippen LogP contribution in [0.3, 0.4) is 0 Å². The van der Waals surface area contributed by atoms with Crippen LogP contribution in [0.15, 0.2) is 97.2 Å². The SMILES string of the molecule is c1ccc(CCNc2nccc(Nc3ccccc3Oc3ccccc3)n2)cc1. The molecule has 0 aliphatic carbocycles. The van der Waals surface area contributed by atoms with Crippen LogP contribution in [0, 0.1) is 0 Å². The van der Waals surface area contributed by atoms with Crippen molar-refractivity contribution in [2.24, 2.45) is 0 Å². The van der Waals surface area contributed by atoms with Gasteiger partial charge in [0.25, 0.3) is 0 Å². The molecule has 1 heterocycles. The van der Waals surface area contributed by atoms with Gasteiger partial charge in [0.05, 0.1) is 5.69 Å². The van der Waals surface area contributed by atoms with Crippen molar-refractivity contribution < 1.29 is 4.74 Å². The molecule has 0 saturated heterocycles. The van der Waals surface area contributed by atoms with Gasteiger partial charge in [0.1, 0.15) is 11.6 Å². The topological polar surface area (TPSA) is 59.1 Å².